The van der Waals surface area contributed by atoms with Crippen molar-refractivity contribution in [2.24, 2.45) is 0 Å². The Morgan fingerprint density at radius 2 is 1.54 bits per heavy atom. The van der Waals surface area contributed by atoms with E-state index in [1.165, 1.54) is 30.3 Å². The number of carbonyl (C=O) groups is 2. The van der Waals surface area contributed by atoms with Gasteiger partial charge in [0, 0.05) is 19.9 Å². The van der Waals surface area contributed by atoms with Crippen LogP contribution in [0.5, 0.6) is 11.5 Å². The molecule has 2 amide bonds. The molecule has 0 radical (unpaired) electrons. The number of nitro benzene ring substituents is 2. The Bertz CT molecular complexity index is 896. The molecule has 10 heteroatoms. The largest absolute Gasteiger partial charge is 0.457 e. The summed E-state index contributed by atoms with van der Waals surface area (Å²) in [6.07, 6.45) is 0. The van der Waals surface area contributed by atoms with E-state index in [2.05, 4.69) is 0 Å². The Morgan fingerprint density at radius 1 is 0.923 bits per heavy atom. The number of anilines is 1. The first-order valence-corrected chi connectivity index (χ1v) is 7.22. The first-order chi connectivity index (χ1) is 12.2. The Labute approximate surface area is 146 Å². The van der Waals surface area contributed by atoms with E-state index in [4.69, 9.17) is 4.74 Å². The highest BCUT2D eigenvalue weighted by Gasteiger charge is 2.26. The van der Waals surface area contributed by atoms with Crippen LogP contribution in [0.3, 0.4) is 0 Å². The van der Waals surface area contributed by atoms with Crippen LogP contribution in [0.15, 0.2) is 42.5 Å². The van der Waals surface area contributed by atoms with E-state index in [1.54, 1.807) is 0 Å². The van der Waals surface area contributed by atoms with Gasteiger partial charge in [-0.15, -0.1) is 0 Å². The number of hydrogen-bond donors (Lipinski definition) is 0. The van der Waals surface area contributed by atoms with Crippen LogP contribution in [0.1, 0.15) is 13.8 Å². The van der Waals surface area contributed by atoms with Gasteiger partial charge in [-0.3, -0.25) is 29.8 Å². The van der Waals surface area contributed by atoms with E-state index < -0.39 is 27.3 Å². The fraction of sp³-hybridized carbons (Fsp3) is 0.125. The Hall–Kier alpha value is -3.82. The highest BCUT2D eigenvalue weighted by molar-refractivity contribution is 6.14. The number of amides is 2. The summed E-state index contributed by atoms with van der Waals surface area (Å²) < 4.78 is 5.42. The maximum absolute atomic E-state index is 11.6. The van der Waals surface area contributed by atoms with Gasteiger partial charge in [-0.1, -0.05) is 6.07 Å². The zero-order valence-corrected chi connectivity index (χ0v) is 13.7. The van der Waals surface area contributed by atoms with E-state index in [0.717, 1.165) is 26.0 Å². The highest BCUT2D eigenvalue weighted by Crippen LogP contribution is 2.34. The van der Waals surface area contributed by atoms with Crippen molar-refractivity contribution in [3.05, 3.63) is 62.7 Å². The summed E-state index contributed by atoms with van der Waals surface area (Å²) in [7, 11) is 0. The van der Waals surface area contributed by atoms with E-state index >= 15 is 0 Å². The molecule has 0 N–H and O–H groups in total. The summed E-state index contributed by atoms with van der Waals surface area (Å²) in [4.78, 5) is 44.7. The van der Waals surface area contributed by atoms with Crippen LogP contribution in [0.4, 0.5) is 17.1 Å². The molecular weight excluding hydrogens is 346 g/mol. The summed E-state index contributed by atoms with van der Waals surface area (Å²) in [5, 5.41) is 22.1. The first-order valence-electron chi connectivity index (χ1n) is 7.22. The van der Waals surface area contributed by atoms with Gasteiger partial charge in [0.15, 0.2) is 0 Å². The molecule has 0 aliphatic rings. The van der Waals surface area contributed by atoms with Gasteiger partial charge in [0.25, 0.3) is 11.4 Å². The Morgan fingerprint density at radius 3 is 2.08 bits per heavy atom. The molecule has 10 nitrogen and oxygen atoms in total. The second kappa shape index (κ2) is 7.38. The number of non-ortho nitro benzene ring substituents is 1. The van der Waals surface area contributed by atoms with Crippen molar-refractivity contribution >= 4 is 28.9 Å². The topological polar surface area (TPSA) is 133 Å². The van der Waals surface area contributed by atoms with Gasteiger partial charge in [-0.2, -0.15) is 0 Å². The minimum Gasteiger partial charge on any atom is -0.457 e. The number of imide groups is 1. The van der Waals surface area contributed by atoms with E-state index in [1.807, 2.05) is 0 Å². The van der Waals surface area contributed by atoms with Crippen molar-refractivity contribution in [2.75, 3.05) is 4.90 Å². The van der Waals surface area contributed by atoms with Crippen LogP contribution in [0.25, 0.3) is 0 Å². The van der Waals surface area contributed by atoms with Gasteiger partial charge >= 0.3 is 0 Å². The summed E-state index contributed by atoms with van der Waals surface area (Å²) in [5.41, 5.74) is -0.910. The third kappa shape index (κ3) is 3.98. The van der Waals surface area contributed by atoms with Crippen molar-refractivity contribution in [1.82, 2.24) is 0 Å². The highest BCUT2D eigenvalue weighted by atomic mass is 16.6. The maximum atomic E-state index is 11.6. The van der Waals surface area contributed by atoms with Crippen LogP contribution in [-0.4, -0.2) is 21.7 Å². The number of hydrogen-bond acceptors (Lipinski definition) is 7. The van der Waals surface area contributed by atoms with Gasteiger partial charge in [0.2, 0.25) is 11.8 Å². The quantitative estimate of drug-likeness (QED) is 0.591. The smallest absolute Gasteiger partial charge is 0.297 e. The number of rotatable bonds is 5. The average Bonchev–Trinajstić information content (AvgIpc) is 2.55. The number of benzene rings is 2. The van der Waals surface area contributed by atoms with Gasteiger partial charge in [-0.05, 0) is 18.2 Å². The van der Waals surface area contributed by atoms with Crippen LogP contribution in [0, 0.1) is 20.2 Å². The Balaban J connectivity index is 2.44. The lowest BCUT2D eigenvalue weighted by molar-refractivity contribution is -0.384. The van der Waals surface area contributed by atoms with Crippen molar-refractivity contribution in [3.8, 4) is 11.5 Å². The second-order valence-electron chi connectivity index (χ2n) is 5.14. The third-order valence-electron chi connectivity index (χ3n) is 3.28. The lowest BCUT2D eigenvalue weighted by Gasteiger charge is -2.17. The monoisotopic (exact) mass is 359 g/mol. The predicted molar refractivity (Wildman–Crippen MR) is 90.1 cm³/mol. The van der Waals surface area contributed by atoms with Crippen LogP contribution in [0.2, 0.25) is 0 Å². The number of nitro groups is 2. The third-order valence-corrected chi connectivity index (χ3v) is 3.28. The molecule has 2 aromatic carbocycles. The summed E-state index contributed by atoms with van der Waals surface area (Å²) in [6.45, 7) is 2.22. The fourth-order valence-corrected chi connectivity index (χ4v) is 2.26. The average molecular weight is 359 g/mol. The summed E-state index contributed by atoms with van der Waals surface area (Å²) in [5.74, 6) is -1.22. The standard InChI is InChI=1S/C16H13N3O7/c1-10(20)17(11(2)21)15-7-6-14(9-16(15)19(24)25)26-13-5-3-4-12(8-13)18(22)23/h3-9H,1-2H3. The number of carbonyl (C=O) groups excluding carboxylic acids is 2. The van der Waals surface area contributed by atoms with Crippen molar-refractivity contribution in [1.29, 1.82) is 0 Å². The molecule has 0 saturated carbocycles. The van der Waals surface area contributed by atoms with Crippen LogP contribution >= 0.6 is 0 Å². The van der Waals surface area contributed by atoms with E-state index in [9.17, 15) is 29.8 Å². The molecule has 0 unspecified atom stereocenters. The molecule has 2 aromatic rings. The zero-order valence-electron chi connectivity index (χ0n) is 13.7. The van der Waals surface area contributed by atoms with E-state index in [0.29, 0.717) is 4.90 Å². The molecule has 0 aliphatic heterocycles. The first kappa shape index (κ1) is 18.5. The molecular formula is C16H13N3O7. The molecule has 0 saturated heterocycles. The molecule has 26 heavy (non-hydrogen) atoms. The fourth-order valence-electron chi connectivity index (χ4n) is 2.26. The van der Waals surface area contributed by atoms with E-state index in [-0.39, 0.29) is 22.9 Å². The lowest BCUT2D eigenvalue weighted by Crippen LogP contribution is -2.33. The van der Waals surface area contributed by atoms with Crippen LogP contribution < -0.4 is 9.64 Å². The molecule has 0 aliphatic carbocycles. The minimum atomic E-state index is -0.755. The van der Waals surface area contributed by atoms with Gasteiger partial charge < -0.3 is 4.74 Å². The second-order valence-corrected chi connectivity index (χ2v) is 5.14. The minimum absolute atomic E-state index is 0.0213. The molecule has 0 heterocycles. The van der Waals surface area contributed by atoms with Crippen molar-refractivity contribution in [3.63, 3.8) is 0 Å². The van der Waals surface area contributed by atoms with Crippen LogP contribution in [-0.2, 0) is 9.59 Å². The van der Waals surface area contributed by atoms with Gasteiger partial charge in [0.1, 0.15) is 17.2 Å². The molecule has 0 atom stereocenters. The number of nitrogens with zero attached hydrogens (tertiary/aromatic N) is 3. The molecule has 0 fully saturated rings. The maximum Gasteiger partial charge on any atom is 0.297 e. The molecule has 0 aromatic heterocycles. The normalized spacial score (nSPS) is 10.1. The Kier molecular flexibility index (Phi) is 5.26. The SMILES string of the molecule is CC(=O)N(C(C)=O)c1ccc(Oc2cccc([N+](=O)[O-])c2)cc1[N+](=O)[O-]. The number of ether oxygens (including phenoxy) is 1. The molecule has 0 spiro atoms. The molecule has 134 valence electrons. The summed E-state index contributed by atoms with van der Waals surface area (Å²) in [6, 6.07) is 8.85. The molecule has 0 bridgehead atoms. The zero-order chi connectivity index (χ0) is 19.4. The van der Waals surface area contributed by atoms with Gasteiger partial charge in [0.05, 0.1) is 22.0 Å². The lowest BCUT2D eigenvalue weighted by atomic mass is 10.2. The van der Waals surface area contributed by atoms with Crippen molar-refractivity contribution < 1.29 is 24.2 Å². The molecule has 2 rings (SSSR count). The summed E-state index contributed by atoms with van der Waals surface area (Å²) >= 11 is 0. The van der Waals surface area contributed by atoms with Crippen molar-refractivity contribution in [2.45, 2.75) is 13.8 Å². The predicted octanol–water partition coefficient (Wildman–Crippen LogP) is 3.19. The van der Waals surface area contributed by atoms with Gasteiger partial charge in [-0.25, -0.2) is 4.90 Å².